The molecule has 0 atom stereocenters. The predicted molar refractivity (Wildman–Crippen MR) is 94.8 cm³/mol. The van der Waals surface area contributed by atoms with Gasteiger partial charge in [0.1, 0.15) is 0 Å². The number of benzene rings is 1. The van der Waals surface area contributed by atoms with E-state index >= 15 is 0 Å². The highest BCUT2D eigenvalue weighted by Crippen LogP contribution is 2.27. The maximum absolute atomic E-state index is 12.4. The fourth-order valence-corrected chi connectivity index (χ4v) is 3.16. The van der Waals surface area contributed by atoms with Gasteiger partial charge in [-0.3, -0.25) is 9.78 Å². The number of sulfonamides is 1. The van der Waals surface area contributed by atoms with Gasteiger partial charge in [-0.2, -0.15) is 0 Å². The molecule has 0 fully saturated rings. The van der Waals surface area contributed by atoms with Gasteiger partial charge >= 0.3 is 0 Å². The molecule has 0 aliphatic heterocycles. The fourth-order valence-electron chi connectivity index (χ4n) is 2.23. The van der Waals surface area contributed by atoms with Crippen LogP contribution < -0.4 is 5.32 Å². The molecule has 1 N–H and O–H groups in total. The summed E-state index contributed by atoms with van der Waals surface area (Å²) < 4.78 is 33.6. The number of carbonyl (C=O) groups is 1. The van der Waals surface area contributed by atoms with E-state index in [0.29, 0.717) is 17.2 Å². The Morgan fingerprint density at radius 1 is 1.12 bits per heavy atom. The van der Waals surface area contributed by atoms with Crippen molar-refractivity contribution >= 4 is 27.4 Å². The highest BCUT2D eigenvalue weighted by molar-refractivity contribution is 7.94. The van der Waals surface area contributed by atoms with E-state index in [0.717, 1.165) is 0 Å². The van der Waals surface area contributed by atoms with Crippen molar-refractivity contribution < 1.29 is 17.6 Å². The molecule has 0 saturated heterocycles. The number of hydrogen-bond acceptors (Lipinski definition) is 6. The van der Waals surface area contributed by atoms with Gasteiger partial charge in [0.2, 0.25) is 10.0 Å². The number of furan rings is 1. The molecular formula is C17H15N4O4S-. The van der Waals surface area contributed by atoms with Crippen molar-refractivity contribution in [3.63, 3.8) is 0 Å². The lowest BCUT2D eigenvalue weighted by molar-refractivity contribution is 0.0996. The van der Waals surface area contributed by atoms with Gasteiger partial charge in [0.25, 0.3) is 5.91 Å². The summed E-state index contributed by atoms with van der Waals surface area (Å²) in [4.78, 5) is 20.0. The number of aromatic nitrogens is 2. The summed E-state index contributed by atoms with van der Waals surface area (Å²) in [6.45, 7) is 3.39. The summed E-state index contributed by atoms with van der Waals surface area (Å²) in [5, 5.41) is 2.61. The zero-order valence-electron chi connectivity index (χ0n) is 14.0. The van der Waals surface area contributed by atoms with Crippen molar-refractivity contribution in [3.8, 4) is 0 Å². The third-order valence-electron chi connectivity index (χ3n) is 3.32. The van der Waals surface area contributed by atoms with E-state index in [9.17, 15) is 13.2 Å². The van der Waals surface area contributed by atoms with Crippen LogP contribution >= 0.6 is 0 Å². The maximum atomic E-state index is 12.4. The van der Waals surface area contributed by atoms with Gasteiger partial charge < -0.3 is 19.4 Å². The first-order chi connectivity index (χ1) is 12.3. The Morgan fingerprint density at radius 2 is 1.85 bits per heavy atom. The van der Waals surface area contributed by atoms with Crippen molar-refractivity contribution in [1.29, 1.82) is 0 Å². The summed E-state index contributed by atoms with van der Waals surface area (Å²) in [7, 11) is -3.93. The third-order valence-corrected chi connectivity index (χ3v) is 4.62. The largest absolute Gasteiger partial charge is 0.459 e. The van der Waals surface area contributed by atoms with Gasteiger partial charge in [0, 0.05) is 17.2 Å². The predicted octanol–water partition coefficient (Wildman–Crippen LogP) is 3.33. The summed E-state index contributed by atoms with van der Waals surface area (Å²) in [6, 6.07) is 10.3. The van der Waals surface area contributed by atoms with E-state index in [4.69, 9.17) is 4.42 Å². The van der Waals surface area contributed by atoms with E-state index in [-0.39, 0.29) is 16.5 Å². The molecule has 2 heterocycles. The van der Waals surface area contributed by atoms with Gasteiger partial charge in [0.15, 0.2) is 5.76 Å². The smallest absolute Gasteiger partial charge is 0.291 e. The molecule has 0 aliphatic rings. The van der Waals surface area contributed by atoms with Crippen molar-refractivity contribution in [3.05, 3.63) is 70.7 Å². The lowest BCUT2D eigenvalue weighted by atomic mass is 10.3. The molecule has 0 aliphatic carbocycles. The van der Waals surface area contributed by atoms with Gasteiger partial charge in [-0.05, 0) is 62.1 Å². The maximum Gasteiger partial charge on any atom is 0.291 e. The number of amides is 1. The molecule has 9 heteroatoms. The summed E-state index contributed by atoms with van der Waals surface area (Å²) in [5.74, 6) is 0.244. The number of nitrogens with zero attached hydrogens (tertiary/aromatic N) is 3. The minimum atomic E-state index is -3.93. The lowest BCUT2D eigenvalue weighted by Crippen LogP contribution is -2.10. The molecule has 2 aromatic heterocycles. The van der Waals surface area contributed by atoms with Gasteiger partial charge in [-0.1, -0.05) is 0 Å². The Bertz CT molecular complexity index is 1010. The Hall–Kier alpha value is -3.20. The zero-order chi connectivity index (χ0) is 18.7. The molecule has 0 spiro atoms. The van der Waals surface area contributed by atoms with Gasteiger partial charge in [0.05, 0.1) is 11.2 Å². The fraction of sp³-hybridized carbons (Fsp3) is 0.118. The van der Waals surface area contributed by atoms with Crippen molar-refractivity contribution in [2.24, 2.45) is 0 Å². The second-order valence-corrected chi connectivity index (χ2v) is 7.04. The highest BCUT2D eigenvalue weighted by Gasteiger charge is 2.12. The van der Waals surface area contributed by atoms with Crippen LogP contribution in [0.4, 0.5) is 11.5 Å². The van der Waals surface area contributed by atoms with Crippen LogP contribution in [0.3, 0.4) is 0 Å². The molecule has 0 unspecified atom stereocenters. The molecule has 1 aromatic carbocycles. The summed E-state index contributed by atoms with van der Waals surface area (Å²) in [6.07, 6.45) is 1.39. The molecule has 0 radical (unpaired) electrons. The Morgan fingerprint density at radius 3 is 2.46 bits per heavy atom. The molecule has 0 saturated carbocycles. The van der Waals surface area contributed by atoms with E-state index in [1.54, 1.807) is 19.9 Å². The third kappa shape index (κ3) is 4.06. The number of anilines is 1. The average Bonchev–Trinajstić information content (AvgIpc) is 3.08. The monoisotopic (exact) mass is 371 g/mol. The first-order valence-corrected chi connectivity index (χ1v) is 9.03. The molecular weight excluding hydrogens is 356 g/mol. The lowest BCUT2D eigenvalue weighted by Gasteiger charge is -2.17. The Labute approximate surface area is 150 Å². The van der Waals surface area contributed by atoms with E-state index in [1.807, 2.05) is 0 Å². The highest BCUT2D eigenvalue weighted by atomic mass is 32.2. The second-order valence-electron chi connectivity index (χ2n) is 5.44. The molecule has 134 valence electrons. The van der Waals surface area contributed by atoms with Crippen LogP contribution in [-0.4, -0.2) is 24.3 Å². The first kappa shape index (κ1) is 17.6. The SMILES string of the molecule is Cc1cc([N-]S(=O)(=O)c2ccc(NC(=O)c3ccco3)cc2)nc(C)n1. The molecule has 8 nitrogen and oxygen atoms in total. The number of nitrogens with one attached hydrogen (secondary N) is 1. The van der Waals surface area contributed by atoms with Crippen LogP contribution in [0.25, 0.3) is 4.72 Å². The number of carbonyl (C=O) groups excluding carboxylic acids is 1. The minimum absolute atomic E-state index is 0.0117. The molecule has 1 amide bonds. The standard InChI is InChI=1S/C17H16N4O4S/c1-11-10-16(19-12(2)18-11)21-26(23,24)14-7-5-13(6-8-14)20-17(22)15-4-3-9-25-15/h3-10H,1-2H3,(H2,18,19,20,21,22)/p-1. The quantitative estimate of drug-likeness (QED) is 0.735. The van der Waals surface area contributed by atoms with E-state index in [1.165, 1.54) is 42.7 Å². The molecule has 3 aromatic rings. The zero-order valence-corrected chi connectivity index (χ0v) is 14.8. The second kappa shape index (κ2) is 6.96. The van der Waals surface area contributed by atoms with E-state index < -0.39 is 15.9 Å². The van der Waals surface area contributed by atoms with Crippen molar-refractivity contribution in [2.45, 2.75) is 18.7 Å². The van der Waals surface area contributed by atoms with Crippen LogP contribution in [0.5, 0.6) is 0 Å². The molecule has 0 bridgehead atoms. The Balaban J connectivity index is 1.75. The van der Waals surface area contributed by atoms with Crippen LogP contribution in [-0.2, 0) is 10.0 Å². The van der Waals surface area contributed by atoms with Crippen LogP contribution in [0.2, 0.25) is 0 Å². The normalized spacial score (nSPS) is 11.2. The van der Waals surface area contributed by atoms with Crippen molar-refractivity contribution in [1.82, 2.24) is 9.97 Å². The summed E-state index contributed by atoms with van der Waals surface area (Å²) >= 11 is 0. The number of rotatable bonds is 5. The number of aryl methyl sites for hydroxylation is 2. The van der Waals surface area contributed by atoms with Crippen molar-refractivity contribution in [2.75, 3.05) is 5.32 Å². The topological polar surface area (TPSA) is 116 Å². The average molecular weight is 371 g/mol. The van der Waals surface area contributed by atoms with Gasteiger partial charge in [-0.15, -0.1) is 0 Å². The van der Waals surface area contributed by atoms with E-state index in [2.05, 4.69) is 20.0 Å². The Kier molecular flexibility index (Phi) is 4.72. The molecule has 26 heavy (non-hydrogen) atoms. The van der Waals surface area contributed by atoms with Crippen LogP contribution in [0.1, 0.15) is 22.1 Å². The minimum Gasteiger partial charge on any atom is -0.459 e. The number of hydrogen-bond donors (Lipinski definition) is 1. The molecule has 3 rings (SSSR count). The van der Waals surface area contributed by atoms with Crippen LogP contribution in [0, 0.1) is 13.8 Å². The van der Waals surface area contributed by atoms with Crippen LogP contribution in [0.15, 0.2) is 58.0 Å². The first-order valence-electron chi connectivity index (χ1n) is 7.59. The van der Waals surface area contributed by atoms with Gasteiger partial charge in [-0.25, -0.2) is 8.42 Å². The summed E-state index contributed by atoms with van der Waals surface area (Å²) in [5.41, 5.74) is 1.06.